The quantitative estimate of drug-likeness (QED) is 0.742. The Morgan fingerprint density at radius 1 is 1.27 bits per heavy atom. The Morgan fingerprint density at radius 2 is 2.00 bits per heavy atom. The number of hydrogen-bond acceptors (Lipinski definition) is 4. The number of hydrogen-bond donors (Lipinski definition) is 2. The van der Waals surface area contributed by atoms with Gasteiger partial charge in [0.15, 0.2) is 5.78 Å². The van der Waals surface area contributed by atoms with E-state index in [-0.39, 0.29) is 11.3 Å². The first-order chi connectivity index (χ1) is 12.2. The highest BCUT2D eigenvalue weighted by Crippen LogP contribution is 2.67. The molecule has 4 heteroatoms. The lowest BCUT2D eigenvalue weighted by Gasteiger charge is -2.58. The van der Waals surface area contributed by atoms with Crippen molar-refractivity contribution in [2.75, 3.05) is 6.61 Å². The molecule has 0 aliphatic heterocycles. The maximum absolute atomic E-state index is 12.4. The van der Waals surface area contributed by atoms with Crippen LogP contribution in [0.15, 0.2) is 11.6 Å². The first-order valence-electron chi connectivity index (χ1n) is 10.3. The van der Waals surface area contributed by atoms with Crippen molar-refractivity contribution < 1.29 is 19.8 Å². The van der Waals surface area contributed by atoms with E-state index in [9.17, 15) is 19.8 Å². The third kappa shape index (κ3) is 2.15. The van der Waals surface area contributed by atoms with Gasteiger partial charge in [-0.2, -0.15) is 0 Å². The number of fused-ring (bicyclic) bond motifs is 5. The maximum Gasteiger partial charge on any atom is 0.190 e. The maximum atomic E-state index is 12.4. The fourth-order valence-corrected chi connectivity index (χ4v) is 7.38. The van der Waals surface area contributed by atoms with Crippen molar-refractivity contribution in [1.82, 2.24) is 0 Å². The summed E-state index contributed by atoms with van der Waals surface area (Å²) in [5.41, 5.74) is -0.317. The molecule has 0 bridgehead atoms. The molecule has 2 unspecified atom stereocenters. The molecule has 0 saturated heterocycles. The summed E-state index contributed by atoms with van der Waals surface area (Å²) in [5, 5.41) is 20.6. The summed E-state index contributed by atoms with van der Waals surface area (Å²) in [6, 6.07) is 0. The SMILES string of the molecule is CC1C[C@@H]2C(=CC[C@@]3(C)[C@H]2CC[C@]3(O)C(=O)CO)[C@@]2(C)CCC(=O)CC12. The lowest BCUT2D eigenvalue weighted by molar-refractivity contribution is -0.156. The molecular weight excluding hydrogens is 328 g/mol. The molecule has 0 radical (unpaired) electrons. The highest BCUT2D eigenvalue weighted by Gasteiger charge is 2.65. The second kappa shape index (κ2) is 5.75. The molecule has 0 aromatic carbocycles. The molecule has 26 heavy (non-hydrogen) atoms. The van der Waals surface area contributed by atoms with Crippen LogP contribution in [0.2, 0.25) is 0 Å². The van der Waals surface area contributed by atoms with Gasteiger partial charge in [0.25, 0.3) is 0 Å². The Labute approximate surface area is 156 Å². The summed E-state index contributed by atoms with van der Waals surface area (Å²) in [5.74, 6) is 1.56. The van der Waals surface area contributed by atoms with Gasteiger partial charge in [-0.05, 0) is 61.2 Å². The number of ketones is 2. The normalized spacial score (nSPS) is 50.5. The topological polar surface area (TPSA) is 74.6 Å². The number of Topliss-reactive ketones (excluding diaryl/α,β-unsaturated/α-hetero) is 2. The van der Waals surface area contributed by atoms with E-state index in [1.165, 1.54) is 5.57 Å². The molecule has 4 nitrogen and oxygen atoms in total. The standard InChI is InChI=1S/C22H32O4/c1-13-10-15-16(20(2)7-4-14(24)11-18(13)20)5-8-21(3)17(15)6-9-22(21,26)19(25)12-23/h5,13,15,17-18,23,26H,4,6-12H2,1-3H3/t13?,15-,17+,18?,20-,21+,22+/m1/s1. The highest BCUT2D eigenvalue weighted by molar-refractivity contribution is 5.89. The van der Waals surface area contributed by atoms with Gasteiger partial charge in [-0.25, -0.2) is 0 Å². The van der Waals surface area contributed by atoms with E-state index < -0.39 is 23.4 Å². The molecule has 0 aromatic heterocycles. The van der Waals surface area contributed by atoms with Crippen LogP contribution >= 0.6 is 0 Å². The van der Waals surface area contributed by atoms with E-state index in [1.807, 2.05) is 0 Å². The van der Waals surface area contributed by atoms with Crippen LogP contribution in [0.1, 0.15) is 65.7 Å². The zero-order valence-electron chi connectivity index (χ0n) is 16.3. The van der Waals surface area contributed by atoms with Crippen LogP contribution in [0.3, 0.4) is 0 Å². The molecule has 4 aliphatic rings. The van der Waals surface area contributed by atoms with Crippen molar-refractivity contribution in [1.29, 1.82) is 0 Å². The molecule has 0 spiro atoms. The van der Waals surface area contributed by atoms with Crippen molar-refractivity contribution in [2.24, 2.45) is 34.5 Å². The zero-order valence-corrected chi connectivity index (χ0v) is 16.3. The minimum absolute atomic E-state index is 0.0826. The second-order valence-corrected chi connectivity index (χ2v) is 9.95. The zero-order chi connectivity index (χ0) is 18.9. The van der Waals surface area contributed by atoms with Gasteiger partial charge in [0.1, 0.15) is 18.0 Å². The predicted octanol–water partition coefficient (Wildman–Crippen LogP) is 3.06. The first-order valence-corrected chi connectivity index (χ1v) is 10.3. The van der Waals surface area contributed by atoms with Crippen molar-refractivity contribution in [3.8, 4) is 0 Å². The molecular formula is C22H32O4. The van der Waals surface area contributed by atoms with E-state index in [0.29, 0.717) is 49.2 Å². The van der Waals surface area contributed by atoms with Crippen LogP contribution < -0.4 is 0 Å². The summed E-state index contributed by atoms with van der Waals surface area (Å²) in [4.78, 5) is 24.5. The summed E-state index contributed by atoms with van der Waals surface area (Å²) < 4.78 is 0. The summed E-state index contributed by atoms with van der Waals surface area (Å²) in [6.45, 7) is 6.10. The molecule has 0 amide bonds. The van der Waals surface area contributed by atoms with Gasteiger partial charge in [0, 0.05) is 18.3 Å². The second-order valence-electron chi connectivity index (χ2n) is 9.95. The van der Waals surface area contributed by atoms with Gasteiger partial charge in [-0.1, -0.05) is 32.4 Å². The van der Waals surface area contributed by atoms with Gasteiger partial charge in [0.05, 0.1) is 0 Å². The lowest BCUT2D eigenvalue weighted by atomic mass is 9.46. The Kier molecular flexibility index (Phi) is 4.06. The molecule has 4 aliphatic carbocycles. The van der Waals surface area contributed by atoms with Crippen molar-refractivity contribution in [3.63, 3.8) is 0 Å². The lowest BCUT2D eigenvalue weighted by Crippen LogP contribution is -2.57. The van der Waals surface area contributed by atoms with Crippen LogP contribution in [0.5, 0.6) is 0 Å². The molecule has 7 atom stereocenters. The van der Waals surface area contributed by atoms with Gasteiger partial charge in [-0.3, -0.25) is 9.59 Å². The molecule has 0 heterocycles. The molecule has 3 saturated carbocycles. The molecule has 2 N–H and O–H groups in total. The molecule has 144 valence electrons. The average molecular weight is 360 g/mol. The average Bonchev–Trinajstić information content (AvgIpc) is 2.88. The third-order valence-corrected chi connectivity index (χ3v) is 8.98. The number of carbonyl (C=O) groups is 2. The number of allylic oxidation sites excluding steroid dienone is 2. The molecule has 4 rings (SSSR count). The van der Waals surface area contributed by atoms with Gasteiger partial charge < -0.3 is 10.2 Å². The van der Waals surface area contributed by atoms with Crippen molar-refractivity contribution in [2.45, 2.75) is 71.3 Å². The monoisotopic (exact) mass is 360 g/mol. The Balaban J connectivity index is 1.75. The number of aliphatic hydroxyl groups excluding tert-OH is 1. The largest absolute Gasteiger partial charge is 0.388 e. The first kappa shape index (κ1) is 18.4. The minimum atomic E-state index is -1.40. The van der Waals surface area contributed by atoms with Crippen LogP contribution in [-0.2, 0) is 9.59 Å². The Hall–Kier alpha value is -1.00. The van der Waals surface area contributed by atoms with Crippen molar-refractivity contribution >= 4 is 11.6 Å². The summed E-state index contributed by atoms with van der Waals surface area (Å²) in [7, 11) is 0. The predicted molar refractivity (Wildman–Crippen MR) is 98.3 cm³/mol. The van der Waals surface area contributed by atoms with E-state index in [2.05, 4.69) is 26.8 Å². The van der Waals surface area contributed by atoms with E-state index >= 15 is 0 Å². The van der Waals surface area contributed by atoms with Crippen LogP contribution in [0.25, 0.3) is 0 Å². The summed E-state index contributed by atoms with van der Waals surface area (Å²) >= 11 is 0. The van der Waals surface area contributed by atoms with Gasteiger partial charge in [-0.15, -0.1) is 0 Å². The Bertz CT molecular complexity index is 682. The van der Waals surface area contributed by atoms with Crippen LogP contribution in [0.4, 0.5) is 0 Å². The summed E-state index contributed by atoms with van der Waals surface area (Å²) in [6.07, 6.45) is 7.66. The van der Waals surface area contributed by atoms with Gasteiger partial charge in [0.2, 0.25) is 0 Å². The number of aliphatic hydroxyl groups is 2. The number of carbonyl (C=O) groups excluding carboxylic acids is 2. The number of rotatable bonds is 2. The Morgan fingerprint density at radius 3 is 2.69 bits per heavy atom. The van der Waals surface area contributed by atoms with Crippen LogP contribution in [-0.4, -0.2) is 34.0 Å². The van der Waals surface area contributed by atoms with E-state index in [4.69, 9.17) is 0 Å². The van der Waals surface area contributed by atoms with E-state index in [0.717, 1.165) is 19.3 Å². The fraction of sp³-hybridized carbons (Fsp3) is 0.818. The molecule has 3 fully saturated rings. The van der Waals surface area contributed by atoms with E-state index in [1.54, 1.807) is 0 Å². The smallest absolute Gasteiger partial charge is 0.190 e. The van der Waals surface area contributed by atoms with Crippen LogP contribution in [0, 0.1) is 34.5 Å². The third-order valence-electron chi connectivity index (χ3n) is 8.98. The van der Waals surface area contributed by atoms with Gasteiger partial charge >= 0.3 is 0 Å². The van der Waals surface area contributed by atoms with Crippen molar-refractivity contribution in [3.05, 3.63) is 11.6 Å². The minimum Gasteiger partial charge on any atom is -0.388 e. The molecule has 0 aromatic rings. The highest BCUT2D eigenvalue weighted by atomic mass is 16.3. The fourth-order valence-electron chi connectivity index (χ4n) is 7.38.